The van der Waals surface area contributed by atoms with Crippen LogP contribution in [0.4, 0.5) is 0 Å². The molecule has 2 aliphatic heterocycles. The van der Waals surface area contributed by atoms with Crippen molar-refractivity contribution >= 4 is 23.2 Å². The number of nitrogens with zero attached hydrogens (tertiary/aromatic N) is 2. The topological polar surface area (TPSA) is 49.9 Å². The van der Waals surface area contributed by atoms with Crippen molar-refractivity contribution in [3.63, 3.8) is 0 Å². The van der Waals surface area contributed by atoms with Gasteiger partial charge in [0, 0.05) is 32.1 Å². The van der Waals surface area contributed by atoms with Crippen molar-refractivity contribution in [3.05, 3.63) is 51.7 Å². The number of likely N-dealkylation sites (tertiary alicyclic amines) is 2. The Kier molecular flexibility index (Phi) is 6.19. The molecule has 1 aromatic carbocycles. The number of carbonyl (C=O) groups is 2. The van der Waals surface area contributed by atoms with Gasteiger partial charge in [-0.1, -0.05) is 12.1 Å². The van der Waals surface area contributed by atoms with Gasteiger partial charge in [-0.15, -0.1) is 11.3 Å². The van der Waals surface area contributed by atoms with E-state index >= 15 is 0 Å². The number of benzene rings is 1. The largest absolute Gasteiger partial charge is 0.492 e. The Labute approximate surface area is 176 Å². The molecule has 4 rings (SSSR count). The van der Waals surface area contributed by atoms with E-state index in [0.29, 0.717) is 24.5 Å². The molecule has 1 unspecified atom stereocenters. The summed E-state index contributed by atoms with van der Waals surface area (Å²) in [6.07, 6.45) is 4.17. The van der Waals surface area contributed by atoms with Gasteiger partial charge in [0.05, 0.1) is 17.0 Å². The Hall–Kier alpha value is -2.34. The van der Waals surface area contributed by atoms with E-state index in [-0.39, 0.29) is 17.7 Å². The summed E-state index contributed by atoms with van der Waals surface area (Å²) in [7, 11) is 0. The summed E-state index contributed by atoms with van der Waals surface area (Å²) in [5, 5.41) is 1.97. The van der Waals surface area contributed by atoms with Crippen molar-refractivity contribution < 1.29 is 14.3 Å². The minimum Gasteiger partial charge on any atom is -0.492 e. The number of hydrogen-bond acceptors (Lipinski definition) is 4. The number of piperidine rings is 1. The third-order valence-electron chi connectivity index (χ3n) is 5.85. The molecule has 0 bridgehead atoms. The monoisotopic (exact) mass is 412 g/mol. The molecule has 2 aromatic rings. The lowest BCUT2D eigenvalue weighted by atomic mass is 9.98. The minimum absolute atomic E-state index is 0.0618. The van der Waals surface area contributed by atoms with Crippen molar-refractivity contribution in [1.29, 1.82) is 0 Å². The number of rotatable bonds is 5. The van der Waals surface area contributed by atoms with Crippen molar-refractivity contribution in [2.45, 2.75) is 32.6 Å². The summed E-state index contributed by atoms with van der Waals surface area (Å²) in [5.74, 6) is 1.13. The van der Waals surface area contributed by atoms with Gasteiger partial charge in [0.15, 0.2) is 0 Å². The van der Waals surface area contributed by atoms with Gasteiger partial charge < -0.3 is 14.5 Å². The predicted molar refractivity (Wildman–Crippen MR) is 115 cm³/mol. The molecule has 1 aromatic heterocycles. The number of aryl methyl sites for hydroxylation is 1. The molecule has 29 heavy (non-hydrogen) atoms. The zero-order chi connectivity index (χ0) is 20.2. The van der Waals surface area contributed by atoms with E-state index in [0.717, 1.165) is 55.8 Å². The van der Waals surface area contributed by atoms with Gasteiger partial charge in [-0.3, -0.25) is 9.59 Å². The molecule has 6 heteroatoms. The molecule has 3 heterocycles. The second kappa shape index (κ2) is 8.99. The first-order valence-corrected chi connectivity index (χ1v) is 11.4. The van der Waals surface area contributed by atoms with E-state index < -0.39 is 0 Å². The summed E-state index contributed by atoms with van der Waals surface area (Å²) in [5.41, 5.74) is 1.69. The Morgan fingerprint density at radius 3 is 2.55 bits per heavy atom. The van der Waals surface area contributed by atoms with Crippen LogP contribution in [-0.4, -0.2) is 54.4 Å². The number of hydrogen-bond donors (Lipinski definition) is 0. The van der Waals surface area contributed by atoms with Crippen molar-refractivity contribution in [1.82, 2.24) is 9.80 Å². The number of carbonyl (C=O) groups excluding carboxylic acids is 2. The van der Waals surface area contributed by atoms with Gasteiger partial charge >= 0.3 is 0 Å². The van der Waals surface area contributed by atoms with Crippen LogP contribution in [-0.2, 0) is 0 Å². The van der Waals surface area contributed by atoms with Crippen LogP contribution in [0.1, 0.15) is 51.3 Å². The highest BCUT2D eigenvalue weighted by molar-refractivity contribution is 7.12. The molecule has 2 fully saturated rings. The molecule has 154 valence electrons. The Bertz CT molecular complexity index is 873. The lowest BCUT2D eigenvalue weighted by Gasteiger charge is -2.32. The zero-order valence-corrected chi connectivity index (χ0v) is 17.7. The maximum Gasteiger partial charge on any atom is 0.264 e. The molecule has 2 aliphatic rings. The van der Waals surface area contributed by atoms with E-state index in [1.54, 1.807) is 0 Å². The Balaban J connectivity index is 1.38. The van der Waals surface area contributed by atoms with Gasteiger partial charge in [0.2, 0.25) is 0 Å². The average Bonchev–Trinajstić information content (AvgIpc) is 3.43. The fourth-order valence-corrected chi connectivity index (χ4v) is 5.08. The highest BCUT2D eigenvalue weighted by atomic mass is 32.1. The van der Waals surface area contributed by atoms with Crippen molar-refractivity contribution in [2.24, 2.45) is 5.92 Å². The standard InChI is InChI=1S/C23H28N2O3S/c1-17-10-14-29-21(17)23(27)25-13-6-7-18(15-25)16-28-20-9-3-2-8-19(20)22(26)24-11-4-5-12-24/h2-3,8-10,14,18H,4-7,11-13,15-16H2,1H3. The molecule has 0 aliphatic carbocycles. The van der Waals surface area contributed by atoms with Crippen LogP contribution in [0.2, 0.25) is 0 Å². The molecule has 5 nitrogen and oxygen atoms in total. The van der Waals surface area contributed by atoms with Gasteiger partial charge in [-0.25, -0.2) is 0 Å². The third-order valence-corrected chi connectivity index (χ3v) is 6.85. The summed E-state index contributed by atoms with van der Waals surface area (Å²) in [6.45, 7) is 5.68. The van der Waals surface area contributed by atoms with Crippen LogP contribution in [0.15, 0.2) is 35.7 Å². The summed E-state index contributed by atoms with van der Waals surface area (Å²) < 4.78 is 6.12. The van der Waals surface area contributed by atoms with E-state index in [1.807, 2.05) is 52.4 Å². The van der Waals surface area contributed by atoms with E-state index in [4.69, 9.17) is 4.74 Å². The second-order valence-corrected chi connectivity index (χ2v) is 8.91. The van der Waals surface area contributed by atoms with Crippen LogP contribution < -0.4 is 4.74 Å². The van der Waals surface area contributed by atoms with Crippen molar-refractivity contribution in [2.75, 3.05) is 32.8 Å². The maximum absolute atomic E-state index is 12.8. The fraction of sp³-hybridized carbons (Fsp3) is 0.478. The quantitative estimate of drug-likeness (QED) is 0.739. The molecule has 0 N–H and O–H groups in total. The van der Waals surface area contributed by atoms with Crippen LogP contribution in [0.25, 0.3) is 0 Å². The maximum atomic E-state index is 12.8. The number of thiophene rings is 1. The highest BCUT2D eigenvalue weighted by Gasteiger charge is 2.27. The smallest absolute Gasteiger partial charge is 0.264 e. The lowest BCUT2D eigenvalue weighted by molar-refractivity contribution is 0.0636. The zero-order valence-electron chi connectivity index (χ0n) is 16.9. The fourth-order valence-electron chi connectivity index (χ4n) is 4.19. The molecule has 0 spiro atoms. The van der Waals surface area contributed by atoms with Crippen LogP contribution in [0.3, 0.4) is 0 Å². The van der Waals surface area contributed by atoms with Crippen LogP contribution in [0, 0.1) is 12.8 Å². The number of para-hydroxylation sites is 1. The van der Waals surface area contributed by atoms with Crippen molar-refractivity contribution in [3.8, 4) is 5.75 Å². The highest BCUT2D eigenvalue weighted by Crippen LogP contribution is 2.26. The average molecular weight is 413 g/mol. The molecule has 0 radical (unpaired) electrons. The molecule has 2 amide bonds. The van der Waals surface area contributed by atoms with E-state index in [9.17, 15) is 9.59 Å². The molecular formula is C23H28N2O3S. The first-order chi connectivity index (χ1) is 14.1. The summed E-state index contributed by atoms with van der Waals surface area (Å²) in [6, 6.07) is 9.53. The SMILES string of the molecule is Cc1ccsc1C(=O)N1CCCC(COc2ccccc2C(=O)N2CCCC2)C1. The van der Waals surface area contributed by atoms with Gasteiger partial charge in [-0.2, -0.15) is 0 Å². The van der Waals surface area contributed by atoms with Gasteiger partial charge in [-0.05, 0) is 61.7 Å². The predicted octanol–water partition coefficient (Wildman–Crippen LogP) is 4.22. The Morgan fingerprint density at radius 2 is 1.79 bits per heavy atom. The molecule has 2 saturated heterocycles. The summed E-state index contributed by atoms with van der Waals surface area (Å²) in [4.78, 5) is 30.4. The van der Waals surface area contributed by atoms with Crippen LogP contribution >= 0.6 is 11.3 Å². The Morgan fingerprint density at radius 1 is 1.03 bits per heavy atom. The lowest BCUT2D eigenvalue weighted by Crippen LogP contribution is -2.41. The molecule has 1 atom stereocenters. The second-order valence-electron chi connectivity index (χ2n) is 8.00. The minimum atomic E-state index is 0.0618. The normalized spacial score (nSPS) is 19.4. The first-order valence-electron chi connectivity index (χ1n) is 10.5. The van der Waals surface area contributed by atoms with Crippen LogP contribution in [0.5, 0.6) is 5.75 Å². The van der Waals surface area contributed by atoms with Gasteiger partial charge in [0.25, 0.3) is 11.8 Å². The first kappa shape index (κ1) is 20.0. The van der Waals surface area contributed by atoms with E-state index in [2.05, 4.69) is 0 Å². The van der Waals surface area contributed by atoms with Gasteiger partial charge in [0.1, 0.15) is 5.75 Å². The molecule has 0 saturated carbocycles. The van der Waals surface area contributed by atoms with E-state index in [1.165, 1.54) is 11.3 Å². The number of ether oxygens (including phenoxy) is 1. The third kappa shape index (κ3) is 4.47. The molecular weight excluding hydrogens is 384 g/mol. The number of amides is 2. The summed E-state index contributed by atoms with van der Waals surface area (Å²) >= 11 is 1.52.